The predicted molar refractivity (Wildman–Crippen MR) is 120 cm³/mol. The number of hydrogen-bond acceptors (Lipinski definition) is 3. The number of ketones is 1. The topological polar surface area (TPSA) is 66.5 Å². The van der Waals surface area contributed by atoms with E-state index in [2.05, 4.69) is 11.9 Å². The Morgan fingerprint density at radius 2 is 1.88 bits per heavy atom. The quantitative estimate of drug-likeness (QED) is 0.629. The van der Waals surface area contributed by atoms with Gasteiger partial charge in [0.05, 0.1) is 10.6 Å². The van der Waals surface area contributed by atoms with Crippen LogP contribution in [0.1, 0.15) is 51.9 Å². The molecule has 4 rings (SSSR count). The third kappa shape index (κ3) is 5.01. The van der Waals surface area contributed by atoms with Gasteiger partial charge in [-0.25, -0.2) is 0 Å². The summed E-state index contributed by atoms with van der Waals surface area (Å²) in [5.41, 5.74) is 2.37. The lowest BCUT2D eigenvalue weighted by atomic mass is 9.99. The Labute approximate surface area is 199 Å². The van der Waals surface area contributed by atoms with Crippen LogP contribution in [0.3, 0.4) is 0 Å². The van der Waals surface area contributed by atoms with Gasteiger partial charge in [0.1, 0.15) is 11.8 Å². The number of amides is 2. The van der Waals surface area contributed by atoms with Gasteiger partial charge in [0.25, 0.3) is 5.91 Å². The maximum atomic E-state index is 12.8. The van der Waals surface area contributed by atoms with Gasteiger partial charge >= 0.3 is 6.18 Å². The molecule has 5 nitrogen and oxygen atoms in total. The average Bonchev–Trinajstić information content (AvgIpc) is 3.07. The molecule has 1 fully saturated rings. The summed E-state index contributed by atoms with van der Waals surface area (Å²) in [5.74, 6) is -0.552. The van der Waals surface area contributed by atoms with Crippen LogP contribution in [0.4, 0.5) is 13.2 Å². The fourth-order valence-corrected chi connectivity index (χ4v) is 4.67. The van der Waals surface area contributed by atoms with Crippen molar-refractivity contribution in [2.75, 3.05) is 0 Å². The molecule has 2 aromatic carbocycles. The number of hydrogen-bond donors (Lipinski definition) is 1. The minimum absolute atomic E-state index is 0.0167. The number of piperidine rings is 1. The molecule has 0 saturated carbocycles. The molecule has 34 heavy (non-hydrogen) atoms. The number of allylic oxidation sites excluding steroid dienone is 1. The first kappa shape index (κ1) is 24.0. The van der Waals surface area contributed by atoms with Crippen LogP contribution in [0.5, 0.6) is 0 Å². The summed E-state index contributed by atoms with van der Waals surface area (Å²) in [6, 6.07) is 8.16. The van der Waals surface area contributed by atoms with Crippen LogP contribution in [0.15, 0.2) is 48.7 Å². The molecule has 9 heteroatoms. The molecule has 178 valence electrons. The fraction of sp³-hybridized carbons (Fsp3) is 0.320. The van der Waals surface area contributed by atoms with Gasteiger partial charge in [-0.1, -0.05) is 36.4 Å². The Kier molecular flexibility index (Phi) is 6.53. The van der Waals surface area contributed by atoms with Gasteiger partial charge in [-0.3, -0.25) is 14.4 Å². The molecule has 0 aromatic heterocycles. The zero-order valence-electron chi connectivity index (χ0n) is 18.2. The average molecular weight is 491 g/mol. The molecule has 2 aliphatic heterocycles. The van der Waals surface area contributed by atoms with E-state index in [0.717, 1.165) is 17.2 Å². The van der Waals surface area contributed by atoms with E-state index in [4.69, 9.17) is 11.6 Å². The Balaban J connectivity index is 1.36. The van der Waals surface area contributed by atoms with Crippen LogP contribution in [0.2, 0.25) is 5.02 Å². The van der Waals surface area contributed by atoms with Gasteiger partial charge in [0.15, 0.2) is 0 Å². The molecule has 2 heterocycles. The summed E-state index contributed by atoms with van der Waals surface area (Å²) in [6.45, 7) is 4.08. The second-order valence-electron chi connectivity index (χ2n) is 8.60. The maximum Gasteiger partial charge on any atom is 0.417 e. The number of rotatable bonds is 6. The molecular weight excluding hydrogens is 469 g/mol. The number of alkyl halides is 3. The number of benzene rings is 2. The van der Waals surface area contributed by atoms with E-state index >= 15 is 0 Å². The van der Waals surface area contributed by atoms with Crippen molar-refractivity contribution in [1.82, 2.24) is 10.2 Å². The summed E-state index contributed by atoms with van der Waals surface area (Å²) in [5, 5.41) is 2.27. The van der Waals surface area contributed by atoms with Gasteiger partial charge in [-0.05, 0) is 54.2 Å². The second kappa shape index (κ2) is 9.25. The van der Waals surface area contributed by atoms with Crippen LogP contribution < -0.4 is 5.32 Å². The molecule has 2 aliphatic rings. The Hall–Kier alpha value is -3.13. The molecular formula is C25H22ClF3N2O3. The van der Waals surface area contributed by atoms with E-state index in [0.29, 0.717) is 42.6 Å². The monoisotopic (exact) mass is 490 g/mol. The Morgan fingerprint density at radius 1 is 1.15 bits per heavy atom. The van der Waals surface area contributed by atoms with Crippen LogP contribution in [-0.2, 0) is 35.2 Å². The van der Waals surface area contributed by atoms with Gasteiger partial charge in [-0.15, -0.1) is 0 Å². The molecule has 1 atom stereocenters. The zero-order chi connectivity index (χ0) is 24.6. The molecule has 0 spiro atoms. The highest BCUT2D eigenvalue weighted by molar-refractivity contribution is 6.31. The van der Waals surface area contributed by atoms with Gasteiger partial charge < -0.3 is 10.2 Å². The number of aryl methyl sites for hydroxylation is 1. The van der Waals surface area contributed by atoms with E-state index in [1.165, 1.54) is 12.1 Å². The molecule has 0 bridgehead atoms. The highest BCUT2D eigenvalue weighted by Crippen LogP contribution is 2.35. The summed E-state index contributed by atoms with van der Waals surface area (Å²) >= 11 is 5.73. The van der Waals surface area contributed by atoms with Crippen molar-refractivity contribution >= 4 is 29.2 Å². The minimum atomic E-state index is -4.54. The lowest BCUT2D eigenvalue weighted by Gasteiger charge is -2.30. The normalized spacial score (nSPS) is 18.2. The van der Waals surface area contributed by atoms with E-state index in [1.54, 1.807) is 17.0 Å². The molecule has 1 N–H and O–H groups in total. The summed E-state index contributed by atoms with van der Waals surface area (Å²) in [7, 11) is 0. The predicted octanol–water partition coefficient (Wildman–Crippen LogP) is 4.85. The van der Waals surface area contributed by atoms with E-state index in [-0.39, 0.29) is 30.4 Å². The maximum absolute atomic E-state index is 12.8. The first-order valence-corrected chi connectivity index (χ1v) is 11.2. The highest BCUT2D eigenvalue weighted by atomic mass is 35.5. The number of Topliss-reactive ketones (excluding diaryl/α,β-unsaturated/α-hetero) is 1. The number of carbonyl (C=O) groups is 3. The fourth-order valence-electron chi connectivity index (χ4n) is 4.36. The van der Waals surface area contributed by atoms with Crippen molar-refractivity contribution < 1.29 is 27.6 Å². The van der Waals surface area contributed by atoms with Crippen molar-refractivity contribution in [3.63, 3.8) is 0 Å². The van der Waals surface area contributed by atoms with E-state index < -0.39 is 22.8 Å². The standard InChI is InChI=1S/C25H22ClF3N2O3/c1-14-2-9-22(23(33)30-14)31-13-17-10-15(4-7-19(17)24(31)34)3-6-18(32)11-16-5-8-20(21(26)12-16)25(27,28)29/h4-5,7-8,10,12,22H,1-3,6,9,11,13H2,(H,30,33). The number of nitrogens with zero attached hydrogens (tertiary/aromatic N) is 1. The number of carbonyl (C=O) groups excluding carboxylic acids is 3. The smallest absolute Gasteiger partial charge is 0.329 e. The molecule has 2 aromatic rings. The SMILES string of the molecule is C=C1CCC(N2Cc3cc(CCC(=O)Cc4ccc(C(F)(F)F)c(Cl)c4)ccc3C2=O)C(=O)N1. The van der Waals surface area contributed by atoms with Gasteiger partial charge in [0.2, 0.25) is 5.91 Å². The second-order valence-corrected chi connectivity index (χ2v) is 9.01. The lowest BCUT2D eigenvalue weighted by molar-refractivity contribution is -0.137. The largest absolute Gasteiger partial charge is 0.417 e. The summed E-state index contributed by atoms with van der Waals surface area (Å²) < 4.78 is 38.5. The van der Waals surface area contributed by atoms with Crippen LogP contribution in [-0.4, -0.2) is 28.5 Å². The third-order valence-corrected chi connectivity index (χ3v) is 6.45. The van der Waals surface area contributed by atoms with Crippen LogP contribution in [0.25, 0.3) is 0 Å². The summed E-state index contributed by atoms with van der Waals surface area (Å²) in [4.78, 5) is 39.1. The minimum Gasteiger partial charge on any atom is -0.329 e. The van der Waals surface area contributed by atoms with Gasteiger partial charge in [0, 0.05) is 30.6 Å². The van der Waals surface area contributed by atoms with E-state index in [1.807, 2.05) is 6.07 Å². The van der Waals surface area contributed by atoms with Crippen molar-refractivity contribution in [2.45, 2.75) is 50.9 Å². The van der Waals surface area contributed by atoms with Gasteiger partial charge in [-0.2, -0.15) is 13.2 Å². The Bertz CT molecular complexity index is 1190. The van der Waals surface area contributed by atoms with Crippen molar-refractivity contribution in [2.24, 2.45) is 0 Å². The van der Waals surface area contributed by atoms with Crippen LogP contribution >= 0.6 is 11.6 Å². The van der Waals surface area contributed by atoms with Crippen molar-refractivity contribution in [3.8, 4) is 0 Å². The van der Waals surface area contributed by atoms with Crippen molar-refractivity contribution in [1.29, 1.82) is 0 Å². The zero-order valence-corrected chi connectivity index (χ0v) is 18.9. The molecule has 0 aliphatic carbocycles. The lowest BCUT2D eigenvalue weighted by Crippen LogP contribution is -2.49. The van der Waals surface area contributed by atoms with Crippen LogP contribution in [0, 0.1) is 0 Å². The molecule has 2 amide bonds. The molecule has 1 unspecified atom stereocenters. The number of halogens is 4. The third-order valence-electron chi connectivity index (χ3n) is 6.13. The van der Waals surface area contributed by atoms with E-state index in [9.17, 15) is 27.6 Å². The molecule has 0 radical (unpaired) electrons. The number of fused-ring (bicyclic) bond motifs is 1. The molecule has 1 saturated heterocycles. The number of nitrogens with one attached hydrogen (secondary N) is 1. The first-order chi connectivity index (χ1) is 16.0. The summed E-state index contributed by atoms with van der Waals surface area (Å²) in [6.07, 6.45) is -2.79. The highest BCUT2D eigenvalue weighted by Gasteiger charge is 2.38. The van der Waals surface area contributed by atoms with Crippen molar-refractivity contribution in [3.05, 3.63) is 81.5 Å². The Morgan fingerprint density at radius 3 is 2.56 bits per heavy atom. The first-order valence-electron chi connectivity index (χ1n) is 10.8.